The monoisotopic (exact) mass is 422 g/mol. The molecule has 1 aromatic heterocycles. The maximum Gasteiger partial charge on any atom is 0.274 e. The lowest BCUT2D eigenvalue weighted by atomic mass is 10.1. The van der Waals surface area contributed by atoms with Crippen LogP contribution in [-0.4, -0.2) is 53.0 Å². The van der Waals surface area contributed by atoms with Gasteiger partial charge in [0.25, 0.3) is 5.91 Å². The number of benzene rings is 1. The zero-order chi connectivity index (χ0) is 19.9. The molecule has 9 nitrogen and oxygen atoms in total. The van der Waals surface area contributed by atoms with Crippen LogP contribution >= 0.6 is 12.4 Å². The molecule has 2 amide bonds. The number of halogens is 1. The van der Waals surface area contributed by atoms with Crippen LogP contribution in [0, 0.1) is 6.92 Å². The van der Waals surface area contributed by atoms with Crippen molar-refractivity contribution in [3.8, 4) is 5.75 Å². The highest BCUT2D eigenvalue weighted by atomic mass is 35.5. The number of amides is 2. The summed E-state index contributed by atoms with van der Waals surface area (Å²) in [5.74, 6) is 0.0153. The third-order valence-corrected chi connectivity index (χ3v) is 4.66. The van der Waals surface area contributed by atoms with E-state index in [0.29, 0.717) is 12.3 Å². The lowest BCUT2D eigenvalue weighted by Crippen LogP contribution is -2.33. The Morgan fingerprint density at radius 1 is 1.24 bits per heavy atom. The number of hydrogen-bond donors (Lipinski definition) is 3. The minimum absolute atomic E-state index is 0. The van der Waals surface area contributed by atoms with Crippen LogP contribution in [0.15, 0.2) is 24.3 Å². The lowest BCUT2D eigenvalue weighted by Gasteiger charge is -2.23. The first kappa shape index (κ1) is 22.6. The third-order valence-electron chi connectivity index (χ3n) is 4.66. The highest BCUT2D eigenvalue weighted by Gasteiger charge is 2.23. The Morgan fingerprint density at radius 2 is 1.93 bits per heavy atom. The van der Waals surface area contributed by atoms with Crippen LogP contribution in [0.5, 0.6) is 5.75 Å². The Hall–Kier alpha value is -2.65. The van der Waals surface area contributed by atoms with Crippen molar-refractivity contribution < 1.29 is 14.3 Å². The highest BCUT2D eigenvalue weighted by molar-refractivity contribution is 5.98. The average molecular weight is 423 g/mol. The molecule has 1 aromatic carbocycles. The smallest absolute Gasteiger partial charge is 0.274 e. The molecular weight excluding hydrogens is 396 g/mol. The molecule has 29 heavy (non-hydrogen) atoms. The third kappa shape index (κ3) is 5.91. The molecule has 2 heterocycles. The number of aromatic nitrogens is 3. The van der Waals surface area contributed by atoms with E-state index in [1.807, 2.05) is 18.5 Å². The molecule has 0 radical (unpaired) electrons. The highest BCUT2D eigenvalue weighted by Crippen LogP contribution is 2.20. The van der Waals surface area contributed by atoms with Gasteiger partial charge in [-0.15, -0.1) is 17.5 Å². The minimum atomic E-state index is -0.403. The Bertz CT molecular complexity index is 818. The van der Waals surface area contributed by atoms with Crippen LogP contribution in [0.1, 0.15) is 42.0 Å². The number of piperidine rings is 1. The van der Waals surface area contributed by atoms with Crippen molar-refractivity contribution in [2.24, 2.45) is 0 Å². The number of carbonyl (C=O) groups is 2. The van der Waals surface area contributed by atoms with E-state index in [2.05, 4.69) is 26.3 Å². The summed E-state index contributed by atoms with van der Waals surface area (Å²) in [5.41, 5.74) is 1.61. The Balaban J connectivity index is 0.00000300. The topological polar surface area (TPSA) is 110 Å². The first-order valence-electron chi connectivity index (χ1n) is 9.52. The zero-order valence-electron chi connectivity index (χ0n) is 16.6. The van der Waals surface area contributed by atoms with Gasteiger partial charge in [0.05, 0.1) is 24.9 Å². The van der Waals surface area contributed by atoms with E-state index < -0.39 is 5.91 Å². The molecule has 0 atom stereocenters. The van der Waals surface area contributed by atoms with Crippen molar-refractivity contribution in [1.82, 2.24) is 25.6 Å². The van der Waals surface area contributed by atoms with Crippen LogP contribution < -0.4 is 20.7 Å². The lowest BCUT2D eigenvalue weighted by molar-refractivity contribution is -0.115. The van der Waals surface area contributed by atoms with Gasteiger partial charge in [-0.05, 0) is 64.0 Å². The van der Waals surface area contributed by atoms with Crippen molar-refractivity contribution in [3.63, 3.8) is 0 Å². The van der Waals surface area contributed by atoms with Crippen molar-refractivity contribution in [2.75, 3.05) is 31.6 Å². The Morgan fingerprint density at radius 3 is 2.59 bits per heavy atom. The Kier molecular flexibility index (Phi) is 8.41. The summed E-state index contributed by atoms with van der Waals surface area (Å²) < 4.78 is 7.18. The predicted octanol–water partition coefficient (Wildman–Crippen LogP) is 1.70. The van der Waals surface area contributed by atoms with Crippen LogP contribution in [0.25, 0.3) is 0 Å². The standard InChI is InChI=1S/C19H26N6O3.ClH/c1-3-28-16-6-4-14(5-7-16)22-17(26)12-21-19(27)18-13(2)25(24-23-18)15-8-10-20-11-9-15;/h4-7,15,20H,3,8-12H2,1-2H3,(H,21,27)(H,22,26);1H. The number of carbonyl (C=O) groups excluding carboxylic acids is 2. The summed E-state index contributed by atoms with van der Waals surface area (Å²) >= 11 is 0. The number of nitrogens with zero attached hydrogens (tertiary/aromatic N) is 3. The summed E-state index contributed by atoms with van der Waals surface area (Å²) in [5, 5.41) is 16.8. The fourth-order valence-corrected chi connectivity index (χ4v) is 3.20. The van der Waals surface area contributed by atoms with Crippen LogP contribution in [0.2, 0.25) is 0 Å². The molecule has 0 bridgehead atoms. The molecule has 10 heteroatoms. The molecule has 2 aromatic rings. The molecule has 158 valence electrons. The second kappa shape index (κ2) is 10.8. The van der Waals surface area contributed by atoms with Gasteiger partial charge in [-0.2, -0.15) is 0 Å². The molecule has 3 rings (SSSR count). The molecular formula is C19H27ClN6O3. The minimum Gasteiger partial charge on any atom is -0.494 e. The first-order valence-corrected chi connectivity index (χ1v) is 9.52. The molecule has 1 aliphatic rings. The maximum absolute atomic E-state index is 12.4. The van der Waals surface area contributed by atoms with E-state index in [1.54, 1.807) is 24.3 Å². The summed E-state index contributed by atoms with van der Waals surface area (Å²) in [6.07, 6.45) is 1.91. The summed E-state index contributed by atoms with van der Waals surface area (Å²) in [6, 6.07) is 7.30. The van der Waals surface area contributed by atoms with E-state index in [1.165, 1.54) is 0 Å². The molecule has 0 saturated carbocycles. The maximum atomic E-state index is 12.4. The number of ether oxygens (including phenoxy) is 1. The number of rotatable bonds is 7. The molecule has 1 saturated heterocycles. The van der Waals surface area contributed by atoms with E-state index >= 15 is 0 Å². The van der Waals surface area contributed by atoms with Gasteiger partial charge in [0.2, 0.25) is 5.91 Å². The fraction of sp³-hybridized carbons (Fsp3) is 0.474. The number of anilines is 1. The van der Waals surface area contributed by atoms with E-state index in [0.717, 1.165) is 37.4 Å². The van der Waals surface area contributed by atoms with Crippen molar-refractivity contribution in [1.29, 1.82) is 0 Å². The first-order chi connectivity index (χ1) is 13.6. The van der Waals surface area contributed by atoms with Gasteiger partial charge in [0.15, 0.2) is 5.69 Å². The van der Waals surface area contributed by atoms with Gasteiger partial charge in [-0.1, -0.05) is 5.21 Å². The molecule has 0 aliphatic carbocycles. The molecule has 0 spiro atoms. The fourth-order valence-electron chi connectivity index (χ4n) is 3.20. The van der Waals surface area contributed by atoms with Gasteiger partial charge in [0, 0.05) is 5.69 Å². The zero-order valence-corrected chi connectivity index (χ0v) is 17.4. The second-order valence-corrected chi connectivity index (χ2v) is 6.64. The van der Waals surface area contributed by atoms with Crippen molar-refractivity contribution in [2.45, 2.75) is 32.7 Å². The Labute approximate surface area is 176 Å². The summed E-state index contributed by atoms with van der Waals surface area (Å²) in [4.78, 5) is 24.5. The SMILES string of the molecule is CCOc1ccc(NC(=O)CNC(=O)c2nnn(C3CCNCC3)c2C)cc1.Cl. The average Bonchev–Trinajstić information content (AvgIpc) is 3.10. The van der Waals surface area contributed by atoms with E-state index in [4.69, 9.17) is 4.74 Å². The molecule has 0 unspecified atom stereocenters. The van der Waals surface area contributed by atoms with Crippen LogP contribution in [0.4, 0.5) is 5.69 Å². The summed E-state index contributed by atoms with van der Waals surface area (Å²) in [7, 11) is 0. The van der Waals surface area contributed by atoms with Gasteiger partial charge in [-0.25, -0.2) is 4.68 Å². The van der Waals surface area contributed by atoms with Gasteiger partial charge < -0.3 is 20.7 Å². The largest absolute Gasteiger partial charge is 0.494 e. The van der Waals surface area contributed by atoms with Crippen LogP contribution in [-0.2, 0) is 4.79 Å². The number of hydrogen-bond acceptors (Lipinski definition) is 6. The van der Waals surface area contributed by atoms with E-state index in [-0.39, 0.29) is 36.6 Å². The van der Waals surface area contributed by atoms with E-state index in [9.17, 15) is 9.59 Å². The molecule has 1 aliphatic heterocycles. The van der Waals surface area contributed by atoms with Crippen LogP contribution in [0.3, 0.4) is 0 Å². The van der Waals surface area contributed by atoms with Gasteiger partial charge in [-0.3, -0.25) is 9.59 Å². The molecule has 1 fully saturated rings. The second-order valence-electron chi connectivity index (χ2n) is 6.64. The summed E-state index contributed by atoms with van der Waals surface area (Å²) in [6.45, 7) is 6.03. The normalized spacial score (nSPS) is 14.0. The van der Waals surface area contributed by atoms with Crippen molar-refractivity contribution >= 4 is 29.9 Å². The van der Waals surface area contributed by atoms with Crippen molar-refractivity contribution in [3.05, 3.63) is 35.7 Å². The van der Waals surface area contributed by atoms with Gasteiger partial charge >= 0.3 is 0 Å². The molecule has 3 N–H and O–H groups in total. The predicted molar refractivity (Wildman–Crippen MR) is 112 cm³/mol. The quantitative estimate of drug-likeness (QED) is 0.626. The number of nitrogens with one attached hydrogen (secondary N) is 3. The van der Waals surface area contributed by atoms with Gasteiger partial charge in [0.1, 0.15) is 5.75 Å².